The maximum absolute atomic E-state index is 12.3. The van der Waals surface area contributed by atoms with Crippen molar-refractivity contribution in [2.24, 2.45) is 11.3 Å². The van der Waals surface area contributed by atoms with Crippen LogP contribution in [0.2, 0.25) is 0 Å². The lowest BCUT2D eigenvalue weighted by molar-refractivity contribution is 0.252. The summed E-state index contributed by atoms with van der Waals surface area (Å²) in [5.41, 5.74) is 0.441. The summed E-state index contributed by atoms with van der Waals surface area (Å²) in [6.45, 7) is 8.32. The van der Waals surface area contributed by atoms with Gasteiger partial charge in [-0.25, -0.2) is 13.1 Å². The summed E-state index contributed by atoms with van der Waals surface area (Å²) in [6.07, 6.45) is 0. The topological polar surface area (TPSA) is 66.4 Å². The van der Waals surface area contributed by atoms with Gasteiger partial charge in [-0.1, -0.05) is 45.6 Å². The van der Waals surface area contributed by atoms with Crippen LogP contribution in [0.3, 0.4) is 0 Å². The Hall–Kier alpha value is -1.35. The van der Waals surface area contributed by atoms with E-state index in [-0.39, 0.29) is 16.9 Å². The highest BCUT2D eigenvalue weighted by atomic mass is 32.2. The Morgan fingerprint density at radius 2 is 2.00 bits per heavy atom. The predicted molar refractivity (Wildman–Crippen MR) is 84.2 cm³/mol. The Balaban J connectivity index is 2.93. The molecule has 4 nitrogen and oxygen atoms in total. The van der Waals surface area contributed by atoms with Gasteiger partial charge < -0.3 is 5.11 Å². The quantitative estimate of drug-likeness (QED) is 0.818. The fourth-order valence-electron chi connectivity index (χ4n) is 1.45. The number of sulfonamides is 1. The summed E-state index contributed by atoms with van der Waals surface area (Å²) in [6, 6.07) is 6.39. The Morgan fingerprint density at radius 1 is 1.33 bits per heavy atom. The smallest absolute Gasteiger partial charge is 0.240 e. The number of aliphatic hydroxyl groups excluding tert-OH is 1. The van der Waals surface area contributed by atoms with Crippen LogP contribution >= 0.6 is 0 Å². The first-order valence-electron chi connectivity index (χ1n) is 6.88. The molecule has 1 aromatic rings. The fourth-order valence-corrected chi connectivity index (χ4v) is 2.72. The van der Waals surface area contributed by atoms with Crippen molar-refractivity contribution >= 4 is 10.0 Å². The van der Waals surface area contributed by atoms with Gasteiger partial charge in [-0.3, -0.25) is 0 Å². The summed E-state index contributed by atoms with van der Waals surface area (Å²) in [7, 11) is -3.55. The van der Waals surface area contributed by atoms with Crippen LogP contribution < -0.4 is 4.72 Å². The van der Waals surface area contributed by atoms with Gasteiger partial charge in [0.2, 0.25) is 10.0 Å². The van der Waals surface area contributed by atoms with Crippen LogP contribution in [0.25, 0.3) is 0 Å². The molecule has 5 heteroatoms. The van der Waals surface area contributed by atoms with E-state index in [0.29, 0.717) is 18.0 Å². The van der Waals surface area contributed by atoms with Gasteiger partial charge in [0, 0.05) is 12.1 Å². The van der Waals surface area contributed by atoms with Crippen molar-refractivity contribution in [3.63, 3.8) is 0 Å². The van der Waals surface area contributed by atoms with Crippen LogP contribution in [0.15, 0.2) is 29.2 Å². The summed E-state index contributed by atoms with van der Waals surface area (Å²) >= 11 is 0. The maximum atomic E-state index is 12.3. The minimum Gasteiger partial charge on any atom is -0.384 e. The van der Waals surface area contributed by atoms with Crippen LogP contribution in [0.5, 0.6) is 0 Å². The van der Waals surface area contributed by atoms with Gasteiger partial charge in [-0.15, -0.1) is 0 Å². The summed E-state index contributed by atoms with van der Waals surface area (Å²) < 4.78 is 27.3. The zero-order valence-electron chi connectivity index (χ0n) is 13.0. The first-order chi connectivity index (χ1) is 9.69. The van der Waals surface area contributed by atoms with Crippen molar-refractivity contribution in [3.8, 4) is 11.8 Å². The molecule has 0 radical (unpaired) electrons. The highest BCUT2D eigenvalue weighted by molar-refractivity contribution is 7.89. The predicted octanol–water partition coefficient (Wildman–Crippen LogP) is 1.99. The number of aliphatic hydroxyl groups is 1. The third-order valence-corrected chi connectivity index (χ3v) is 5.14. The molecule has 0 aliphatic heterocycles. The van der Waals surface area contributed by atoms with E-state index in [1.54, 1.807) is 12.1 Å². The molecule has 0 heterocycles. The van der Waals surface area contributed by atoms with E-state index in [1.165, 1.54) is 12.1 Å². The first-order valence-corrected chi connectivity index (χ1v) is 8.37. The van der Waals surface area contributed by atoms with Crippen molar-refractivity contribution in [1.82, 2.24) is 4.72 Å². The third kappa shape index (κ3) is 5.16. The molecule has 0 amide bonds. The molecule has 116 valence electrons. The number of rotatable bonds is 5. The number of hydrogen-bond donors (Lipinski definition) is 2. The van der Waals surface area contributed by atoms with Gasteiger partial charge in [0.15, 0.2) is 0 Å². The van der Waals surface area contributed by atoms with Gasteiger partial charge in [0.05, 0.1) is 4.90 Å². The lowest BCUT2D eigenvalue weighted by Crippen LogP contribution is -2.36. The van der Waals surface area contributed by atoms with Crippen LogP contribution in [0.1, 0.15) is 33.3 Å². The van der Waals surface area contributed by atoms with E-state index >= 15 is 0 Å². The number of hydrogen-bond acceptors (Lipinski definition) is 3. The van der Waals surface area contributed by atoms with Crippen LogP contribution in [0, 0.1) is 23.2 Å². The van der Waals surface area contributed by atoms with Crippen molar-refractivity contribution in [2.75, 3.05) is 13.2 Å². The van der Waals surface area contributed by atoms with Gasteiger partial charge in [-0.2, -0.15) is 0 Å². The van der Waals surface area contributed by atoms with E-state index in [0.717, 1.165) is 0 Å². The molecule has 0 saturated carbocycles. The molecule has 0 fully saturated rings. The normalized spacial score (nSPS) is 12.1. The highest BCUT2D eigenvalue weighted by Gasteiger charge is 2.25. The SMILES string of the molecule is CC(C)C(C)(C)CNS(=O)(=O)c1cccc(C#CCO)c1. The molecule has 1 rings (SSSR count). The van der Waals surface area contributed by atoms with E-state index in [2.05, 4.69) is 30.4 Å². The van der Waals surface area contributed by atoms with E-state index in [9.17, 15) is 8.42 Å². The van der Waals surface area contributed by atoms with Gasteiger partial charge in [-0.05, 0) is 29.5 Å². The molecule has 0 bridgehead atoms. The minimum absolute atomic E-state index is 0.124. The lowest BCUT2D eigenvalue weighted by atomic mass is 9.81. The molecular weight excluding hydrogens is 286 g/mol. The molecule has 0 unspecified atom stereocenters. The minimum atomic E-state index is -3.55. The van der Waals surface area contributed by atoms with Crippen molar-refractivity contribution in [3.05, 3.63) is 29.8 Å². The Kier molecular flexibility index (Phi) is 5.97. The average molecular weight is 309 g/mol. The fraction of sp³-hybridized carbons (Fsp3) is 0.500. The van der Waals surface area contributed by atoms with E-state index < -0.39 is 10.0 Å². The molecule has 0 atom stereocenters. The highest BCUT2D eigenvalue weighted by Crippen LogP contribution is 2.25. The third-order valence-electron chi connectivity index (χ3n) is 3.74. The summed E-state index contributed by atoms with van der Waals surface area (Å²) in [5.74, 6) is 5.57. The van der Waals surface area contributed by atoms with E-state index in [4.69, 9.17) is 5.11 Å². The van der Waals surface area contributed by atoms with Gasteiger partial charge >= 0.3 is 0 Å². The second kappa shape index (κ2) is 7.08. The number of nitrogens with one attached hydrogen (secondary N) is 1. The Morgan fingerprint density at radius 3 is 2.57 bits per heavy atom. The number of benzene rings is 1. The molecule has 0 aliphatic rings. The van der Waals surface area contributed by atoms with E-state index in [1.807, 2.05) is 13.8 Å². The standard InChI is InChI=1S/C16H23NO3S/c1-13(2)16(3,4)12-17-21(19,20)15-9-5-7-14(11-15)8-6-10-18/h5,7,9,11,13,17-18H,10,12H2,1-4H3. The Labute approximate surface area is 127 Å². The van der Waals surface area contributed by atoms with Crippen molar-refractivity contribution < 1.29 is 13.5 Å². The molecule has 0 saturated heterocycles. The first kappa shape index (κ1) is 17.7. The molecule has 2 N–H and O–H groups in total. The van der Waals surface area contributed by atoms with Crippen molar-refractivity contribution in [1.29, 1.82) is 0 Å². The van der Waals surface area contributed by atoms with Crippen LogP contribution in [-0.4, -0.2) is 26.7 Å². The average Bonchev–Trinajstić information content (AvgIpc) is 2.43. The Bertz CT molecular complexity index is 637. The van der Waals surface area contributed by atoms with Crippen molar-refractivity contribution in [2.45, 2.75) is 32.6 Å². The van der Waals surface area contributed by atoms with Gasteiger partial charge in [0.25, 0.3) is 0 Å². The second-order valence-corrected chi connectivity index (χ2v) is 7.72. The van der Waals surface area contributed by atoms with Crippen LogP contribution in [0.4, 0.5) is 0 Å². The molecule has 0 aliphatic carbocycles. The molecule has 21 heavy (non-hydrogen) atoms. The monoisotopic (exact) mass is 309 g/mol. The van der Waals surface area contributed by atoms with Gasteiger partial charge in [0.1, 0.15) is 6.61 Å². The summed E-state index contributed by atoms with van der Waals surface area (Å²) in [5, 5.41) is 8.68. The summed E-state index contributed by atoms with van der Waals surface area (Å²) in [4.78, 5) is 0.187. The molecule has 1 aromatic carbocycles. The zero-order chi connectivity index (χ0) is 16.1. The largest absolute Gasteiger partial charge is 0.384 e. The zero-order valence-corrected chi connectivity index (χ0v) is 13.8. The maximum Gasteiger partial charge on any atom is 0.240 e. The lowest BCUT2D eigenvalue weighted by Gasteiger charge is -2.29. The second-order valence-electron chi connectivity index (χ2n) is 5.96. The van der Waals surface area contributed by atoms with Crippen LogP contribution in [-0.2, 0) is 10.0 Å². The molecular formula is C16H23NO3S. The molecule has 0 spiro atoms. The molecule has 0 aromatic heterocycles.